The van der Waals surface area contributed by atoms with Gasteiger partial charge in [0, 0.05) is 28.4 Å². The summed E-state index contributed by atoms with van der Waals surface area (Å²) in [5.41, 5.74) is 4.71. The highest BCUT2D eigenvalue weighted by Crippen LogP contribution is 2.21. The van der Waals surface area contributed by atoms with Gasteiger partial charge in [-0.25, -0.2) is 4.98 Å². The average molecular weight is 311 g/mol. The minimum absolute atomic E-state index is 0.0107. The van der Waals surface area contributed by atoms with E-state index in [0.29, 0.717) is 5.82 Å². The Bertz CT molecular complexity index is 844. The Labute approximate surface area is 134 Å². The highest BCUT2D eigenvalue weighted by Gasteiger charge is 2.13. The van der Waals surface area contributed by atoms with Gasteiger partial charge < -0.3 is 5.32 Å². The lowest BCUT2D eigenvalue weighted by atomic mass is 10.1. The molecule has 1 amide bonds. The standard InChI is InChI=1S/C17H21N5O/c1-5-10(2)17(23)18-14-8-6-13(7-9-14)15-19-16-11(3)12(4)20-22(16)21-15/h6-10,20H,5H2,1-4H3,(H,18,23). The molecule has 3 rings (SSSR count). The molecule has 0 fully saturated rings. The van der Waals surface area contributed by atoms with Crippen molar-refractivity contribution in [1.29, 1.82) is 0 Å². The van der Waals surface area contributed by atoms with Gasteiger partial charge >= 0.3 is 0 Å². The van der Waals surface area contributed by atoms with E-state index in [-0.39, 0.29) is 11.8 Å². The van der Waals surface area contributed by atoms with Crippen LogP contribution in [0.4, 0.5) is 5.69 Å². The first-order valence-electron chi connectivity index (χ1n) is 7.82. The average Bonchev–Trinajstić information content (AvgIpc) is 3.07. The summed E-state index contributed by atoms with van der Waals surface area (Å²) in [5, 5.41) is 10.5. The highest BCUT2D eigenvalue weighted by atomic mass is 16.1. The number of aromatic amines is 1. The summed E-state index contributed by atoms with van der Waals surface area (Å²) in [7, 11) is 0. The SMILES string of the molecule is CCC(C)C(=O)Nc1ccc(-c2nc3c(C)c(C)[nH]n3n2)cc1. The van der Waals surface area contributed by atoms with Crippen LogP contribution >= 0.6 is 0 Å². The number of aromatic nitrogens is 4. The maximum absolute atomic E-state index is 11.9. The molecule has 2 aromatic heterocycles. The Morgan fingerprint density at radius 1 is 1.30 bits per heavy atom. The monoisotopic (exact) mass is 311 g/mol. The highest BCUT2D eigenvalue weighted by molar-refractivity contribution is 5.92. The van der Waals surface area contributed by atoms with Crippen molar-refractivity contribution in [2.75, 3.05) is 5.32 Å². The van der Waals surface area contributed by atoms with Crippen molar-refractivity contribution in [2.24, 2.45) is 5.92 Å². The first kappa shape index (κ1) is 15.3. The van der Waals surface area contributed by atoms with Crippen LogP contribution in [0.5, 0.6) is 0 Å². The lowest BCUT2D eigenvalue weighted by molar-refractivity contribution is -0.119. The molecular formula is C17H21N5O. The second kappa shape index (κ2) is 5.87. The first-order chi connectivity index (χ1) is 11.0. The molecule has 2 heterocycles. The van der Waals surface area contributed by atoms with Gasteiger partial charge in [-0.1, -0.05) is 13.8 Å². The molecule has 0 spiro atoms. The van der Waals surface area contributed by atoms with Crippen LogP contribution in [0.3, 0.4) is 0 Å². The van der Waals surface area contributed by atoms with E-state index in [9.17, 15) is 4.79 Å². The molecule has 1 unspecified atom stereocenters. The summed E-state index contributed by atoms with van der Waals surface area (Å²) in [5.74, 6) is 0.718. The lowest BCUT2D eigenvalue weighted by Gasteiger charge is -2.09. The molecular weight excluding hydrogens is 290 g/mol. The van der Waals surface area contributed by atoms with Gasteiger partial charge in [0.15, 0.2) is 11.5 Å². The van der Waals surface area contributed by atoms with Crippen LogP contribution in [0.2, 0.25) is 0 Å². The number of carbonyl (C=O) groups excluding carboxylic acids is 1. The summed E-state index contributed by atoms with van der Waals surface area (Å²) in [6.45, 7) is 7.95. The zero-order valence-corrected chi connectivity index (χ0v) is 13.8. The summed E-state index contributed by atoms with van der Waals surface area (Å²) >= 11 is 0. The van der Waals surface area contributed by atoms with Crippen molar-refractivity contribution in [1.82, 2.24) is 19.8 Å². The normalized spacial score (nSPS) is 12.5. The van der Waals surface area contributed by atoms with Gasteiger partial charge in [0.2, 0.25) is 5.91 Å². The molecule has 2 N–H and O–H groups in total. The number of benzene rings is 1. The van der Waals surface area contributed by atoms with Crippen molar-refractivity contribution >= 4 is 17.2 Å². The molecule has 1 aromatic carbocycles. The summed E-state index contributed by atoms with van der Waals surface area (Å²) in [6.07, 6.45) is 0.827. The fourth-order valence-corrected chi connectivity index (χ4v) is 2.32. The van der Waals surface area contributed by atoms with Crippen molar-refractivity contribution in [2.45, 2.75) is 34.1 Å². The van der Waals surface area contributed by atoms with Crippen molar-refractivity contribution < 1.29 is 4.79 Å². The van der Waals surface area contributed by atoms with E-state index >= 15 is 0 Å². The van der Waals surface area contributed by atoms with Crippen LogP contribution in [-0.2, 0) is 4.79 Å². The van der Waals surface area contributed by atoms with Crippen molar-refractivity contribution in [3.8, 4) is 11.4 Å². The van der Waals surface area contributed by atoms with Gasteiger partial charge in [-0.15, -0.1) is 5.10 Å². The number of fused-ring (bicyclic) bond motifs is 1. The third-order valence-electron chi connectivity index (χ3n) is 4.25. The Balaban J connectivity index is 1.82. The minimum Gasteiger partial charge on any atom is -0.326 e. The van der Waals surface area contributed by atoms with Crippen LogP contribution in [0.25, 0.3) is 17.0 Å². The predicted molar refractivity (Wildman–Crippen MR) is 90.3 cm³/mol. The number of hydrogen-bond donors (Lipinski definition) is 2. The van der Waals surface area contributed by atoms with Crippen molar-refractivity contribution in [3.05, 3.63) is 35.5 Å². The Hall–Kier alpha value is -2.63. The van der Waals surface area contributed by atoms with Gasteiger partial charge in [0.25, 0.3) is 0 Å². The molecule has 0 aliphatic rings. The number of hydrogen-bond acceptors (Lipinski definition) is 3. The van der Waals surface area contributed by atoms with E-state index < -0.39 is 0 Å². The summed E-state index contributed by atoms with van der Waals surface area (Å²) in [6, 6.07) is 7.60. The van der Waals surface area contributed by atoms with E-state index in [0.717, 1.165) is 34.6 Å². The maximum Gasteiger partial charge on any atom is 0.227 e. The fourth-order valence-electron chi connectivity index (χ4n) is 2.32. The summed E-state index contributed by atoms with van der Waals surface area (Å²) < 4.78 is 1.69. The number of amides is 1. The number of nitrogens with zero attached hydrogens (tertiary/aromatic N) is 3. The third-order valence-corrected chi connectivity index (χ3v) is 4.25. The van der Waals surface area contributed by atoms with E-state index in [2.05, 4.69) is 20.5 Å². The number of rotatable bonds is 4. The zero-order chi connectivity index (χ0) is 16.6. The molecule has 0 aliphatic heterocycles. The number of nitrogens with one attached hydrogen (secondary N) is 2. The second-order valence-corrected chi connectivity index (χ2v) is 5.91. The lowest BCUT2D eigenvalue weighted by Crippen LogP contribution is -2.19. The predicted octanol–water partition coefficient (Wildman–Crippen LogP) is 3.33. The van der Waals surface area contributed by atoms with Crippen LogP contribution in [0.15, 0.2) is 24.3 Å². The van der Waals surface area contributed by atoms with Crippen LogP contribution in [0.1, 0.15) is 31.5 Å². The number of anilines is 1. The number of carbonyl (C=O) groups is 1. The van der Waals surface area contributed by atoms with E-state index in [1.54, 1.807) is 4.63 Å². The zero-order valence-electron chi connectivity index (χ0n) is 13.8. The number of aryl methyl sites for hydroxylation is 2. The fraction of sp³-hybridized carbons (Fsp3) is 0.353. The van der Waals surface area contributed by atoms with Gasteiger partial charge in [-0.3, -0.25) is 9.89 Å². The maximum atomic E-state index is 11.9. The molecule has 0 saturated heterocycles. The Morgan fingerprint density at radius 2 is 2.00 bits per heavy atom. The molecule has 0 aliphatic carbocycles. The van der Waals surface area contributed by atoms with Gasteiger partial charge in [0.1, 0.15) is 0 Å². The molecule has 0 bridgehead atoms. The molecule has 3 aromatic rings. The largest absolute Gasteiger partial charge is 0.326 e. The second-order valence-electron chi connectivity index (χ2n) is 5.91. The Kier molecular flexibility index (Phi) is 3.90. The van der Waals surface area contributed by atoms with Crippen molar-refractivity contribution in [3.63, 3.8) is 0 Å². The molecule has 6 nitrogen and oxygen atoms in total. The molecule has 0 radical (unpaired) electrons. The topological polar surface area (TPSA) is 75.1 Å². The Morgan fingerprint density at radius 3 is 2.61 bits per heavy atom. The molecule has 0 saturated carbocycles. The van der Waals surface area contributed by atoms with Gasteiger partial charge in [-0.05, 0) is 44.5 Å². The van der Waals surface area contributed by atoms with E-state index in [1.807, 2.05) is 52.0 Å². The quantitative estimate of drug-likeness (QED) is 0.776. The van der Waals surface area contributed by atoms with Crippen LogP contribution in [-0.4, -0.2) is 25.7 Å². The van der Waals surface area contributed by atoms with Crippen LogP contribution in [0, 0.1) is 19.8 Å². The molecule has 120 valence electrons. The molecule has 6 heteroatoms. The van der Waals surface area contributed by atoms with E-state index in [4.69, 9.17) is 0 Å². The van der Waals surface area contributed by atoms with Gasteiger partial charge in [-0.2, -0.15) is 4.63 Å². The number of H-pyrrole nitrogens is 1. The van der Waals surface area contributed by atoms with E-state index in [1.165, 1.54) is 0 Å². The minimum atomic E-state index is 0.0107. The third kappa shape index (κ3) is 2.84. The summed E-state index contributed by atoms with van der Waals surface area (Å²) in [4.78, 5) is 16.5. The van der Waals surface area contributed by atoms with Gasteiger partial charge in [0.05, 0.1) is 0 Å². The molecule has 1 atom stereocenters. The smallest absolute Gasteiger partial charge is 0.227 e. The first-order valence-corrected chi connectivity index (χ1v) is 7.82. The van der Waals surface area contributed by atoms with Crippen LogP contribution < -0.4 is 5.32 Å². The molecule has 23 heavy (non-hydrogen) atoms.